The smallest absolute Gasteiger partial charge is 0.126 e. The van der Waals surface area contributed by atoms with E-state index in [4.69, 9.17) is 9.84 Å². The van der Waals surface area contributed by atoms with Crippen LogP contribution in [0.25, 0.3) is 10.8 Å². The van der Waals surface area contributed by atoms with Gasteiger partial charge in [0.1, 0.15) is 5.75 Å². The zero-order valence-corrected chi connectivity index (χ0v) is 15.1. The number of fused-ring (bicyclic) bond motifs is 1. The maximum Gasteiger partial charge on any atom is 0.126 e. The van der Waals surface area contributed by atoms with Crippen molar-refractivity contribution in [2.45, 2.75) is 0 Å². The van der Waals surface area contributed by atoms with Gasteiger partial charge in [-0.15, -0.1) is 0 Å². The second-order valence-corrected chi connectivity index (χ2v) is 6.13. The van der Waals surface area contributed by atoms with Gasteiger partial charge in [0, 0.05) is 10.9 Å². The Balaban J connectivity index is 1.78. The molecule has 3 nitrogen and oxygen atoms in total. The molecule has 27 heavy (non-hydrogen) atoms. The van der Waals surface area contributed by atoms with Gasteiger partial charge in [0.2, 0.25) is 0 Å². The van der Waals surface area contributed by atoms with Gasteiger partial charge in [-0.2, -0.15) is 5.10 Å². The van der Waals surface area contributed by atoms with Crippen LogP contribution in [0, 0.1) is 0 Å². The van der Waals surface area contributed by atoms with E-state index in [0.29, 0.717) is 0 Å². The summed E-state index contributed by atoms with van der Waals surface area (Å²) in [7, 11) is 1.70. The molecule has 4 rings (SSSR count). The molecule has 0 fully saturated rings. The van der Waals surface area contributed by atoms with E-state index in [1.807, 2.05) is 71.9 Å². The third-order valence-corrected chi connectivity index (χ3v) is 4.45. The Morgan fingerprint density at radius 3 is 1.81 bits per heavy atom. The second kappa shape index (κ2) is 7.75. The van der Waals surface area contributed by atoms with Gasteiger partial charge >= 0.3 is 0 Å². The third kappa shape index (κ3) is 3.53. The van der Waals surface area contributed by atoms with Gasteiger partial charge in [-0.3, -0.25) is 0 Å². The lowest BCUT2D eigenvalue weighted by molar-refractivity contribution is 0.420. The molecule has 0 radical (unpaired) electrons. The van der Waals surface area contributed by atoms with Crippen LogP contribution >= 0.6 is 0 Å². The lowest BCUT2D eigenvalue weighted by atomic mass is 10.0. The quantitative estimate of drug-likeness (QED) is 0.324. The zero-order valence-electron chi connectivity index (χ0n) is 15.1. The summed E-state index contributed by atoms with van der Waals surface area (Å²) in [6, 6.07) is 32.5. The topological polar surface area (TPSA) is 24.8 Å². The summed E-state index contributed by atoms with van der Waals surface area (Å²) >= 11 is 0. The van der Waals surface area contributed by atoms with Crippen LogP contribution in [-0.4, -0.2) is 13.3 Å². The fraction of sp³-hybridized carbons (Fsp3) is 0.0417. The molecule has 0 aliphatic carbocycles. The van der Waals surface area contributed by atoms with E-state index in [9.17, 15) is 0 Å². The van der Waals surface area contributed by atoms with Crippen molar-refractivity contribution in [3.8, 4) is 5.75 Å². The van der Waals surface area contributed by atoms with Crippen LogP contribution < -0.4 is 9.75 Å². The Kier molecular flexibility index (Phi) is 4.84. The summed E-state index contributed by atoms with van der Waals surface area (Å²) in [6.45, 7) is 0. The van der Waals surface area contributed by atoms with Crippen LogP contribution in [0.4, 0.5) is 11.4 Å². The molecule has 3 heteroatoms. The number of nitrogens with zero attached hydrogens (tertiary/aromatic N) is 2. The van der Waals surface area contributed by atoms with Crippen LogP contribution in [-0.2, 0) is 0 Å². The summed E-state index contributed by atoms with van der Waals surface area (Å²) in [5.74, 6) is 0.866. The van der Waals surface area contributed by atoms with Gasteiger partial charge in [0.15, 0.2) is 0 Å². The fourth-order valence-electron chi connectivity index (χ4n) is 3.13. The van der Waals surface area contributed by atoms with Gasteiger partial charge < -0.3 is 4.74 Å². The standard InChI is InChI=1S/C24H20N2O/c1-27-24-17-16-19(22-14-8-9-15-23(22)24)18-25-26(20-10-4-2-5-11-20)21-12-6-3-7-13-21/h2-18H,1H3. The number of hydrogen-bond acceptors (Lipinski definition) is 3. The van der Waals surface area contributed by atoms with Gasteiger partial charge in [-0.1, -0.05) is 60.7 Å². The monoisotopic (exact) mass is 352 g/mol. The first-order chi connectivity index (χ1) is 13.4. The summed E-state index contributed by atoms with van der Waals surface area (Å²) in [4.78, 5) is 0. The number of anilines is 2. The number of hydrazone groups is 1. The average molecular weight is 352 g/mol. The molecule has 0 atom stereocenters. The minimum atomic E-state index is 0.866. The van der Waals surface area contributed by atoms with E-state index in [1.54, 1.807) is 7.11 Å². The maximum atomic E-state index is 5.49. The van der Waals surface area contributed by atoms with Crippen molar-refractivity contribution in [1.29, 1.82) is 0 Å². The molecule has 0 aromatic heterocycles. The van der Waals surface area contributed by atoms with Crippen molar-refractivity contribution in [1.82, 2.24) is 0 Å². The Bertz CT molecular complexity index is 1020. The normalized spacial score (nSPS) is 11.0. The molecule has 0 N–H and O–H groups in total. The maximum absolute atomic E-state index is 5.49. The third-order valence-electron chi connectivity index (χ3n) is 4.45. The predicted octanol–water partition coefficient (Wildman–Crippen LogP) is 6.02. The Hall–Kier alpha value is -3.59. The minimum absolute atomic E-state index is 0.866. The molecular formula is C24H20N2O. The SMILES string of the molecule is COc1ccc(C=NN(c2ccccc2)c2ccccc2)c2ccccc12. The van der Waals surface area contributed by atoms with Crippen LogP contribution in [0.2, 0.25) is 0 Å². The fourth-order valence-corrected chi connectivity index (χ4v) is 3.13. The second-order valence-electron chi connectivity index (χ2n) is 6.13. The van der Waals surface area contributed by atoms with Gasteiger partial charge in [-0.05, 0) is 41.8 Å². The molecule has 0 saturated heterocycles. The molecule has 0 aliphatic heterocycles. The highest BCUT2D eigenvalue weighted by molar-refractivity contribution is 6.02. The van der Waals surface area contributed by atoms with Crippen LogP contribution in [0.3, 0.4) is 0 Å². The first-order valence-corrected chi connectivity index (χ1v) is 8.87. The van der Waals surface area contributed by atoms with Crippen molar-refractivity contribution in [3.63, 3.8) is 0 Å². The van der Waals surface area contributed by atoms with E-state index in [2.05, 4.69) is 36.4 Å². The zero-order chi connectivity index (χ0) is 18.5. The molecule has 0 heterocycles. The molecular weight excluding hydrogens is 332 g/mol. The van der Waals surface area contributed by atoms with Crippen LogP contribution in [0.5, 0.6) is 5.75 Å². The summed E-state index contributed by atoms with van der Waals surface area (Å²) in [5, 5.41) is 8.94. The molecule has 4 aromatic rings. The lowest BCUT2D eigenvalue weighted by Gasteiger charge is -2.19. The van der Waals surface area contributed by atoms with Crippen LogP contribution in [0.15, 0.2) is 102 Å². The molecule has 132 valence electrons. The Morgan fingerprint density at radius 2 is 1.22 bits per heavy atom. The summed E-state index contributed by atoms with van der Waals surface area (Å²) in [6.07, 6.45) is 1.90. The highest BCUT2D eigenvalue weighted by Gasteiger charge is 2.08. The van der Waals surface area contributed by atoms with Crippen LogP contribution in [0.1, 0.15) is 5.56 Å². The highest BCUT2D eigenvalue weighted by atomic mass is 16.5. The van der Waals surface area contributed by atoms with E-state index < -0.39 is 0 Å². The number of rotatable bonds is 5. The Morgan fingerprint density at radius 1 is 0.667 bits per heavy atom. The van der Waals surface area contributed by atoms with Crippen molar-refractivity contribution < 1.29 is 4.74 Å². The van der Waals surface area contributed by atoms with E-state index >= 15 is 0 Å². The number of methoxy groups -OCH3 is 1. The van der Waals surface area contributed by atoms with Crippen molar-refractivity contribution in [2.75, 3.05) is 12.1 Å². The van der Waals surface area contributed by atoms with Gasteiger partial charge in [-0.25, -0.2) is 5.01 Å². The lowest BCUT2D eigenvalue weighted by Crippen LogP contribution is -2.09. The van der Waals surface area contributed by atoms with Crippen molar-refractivity contribution in [2.24, 2.45) is 5.10 Å². The number of ether oxygens (including phenoxy) is 1. The first kappa shape index (κ1) is 16.9. The number of benzene rings is 4. The molecule has 0 unspecified atom stereocenters. The summed E-state index contributed by atoms with van der Waals surface area (Å²) < 4.78 is 5.49. The highest BCUT2D eigenvalue weighted by Crippen LogP contribution is 2.29. The molecule has 0 aliphatic rings. The van der Waals surface area contributed by atoms with Crippen molar-refractivity contribution >= 4 is 28.4 Å². The predicted molar refractivity (Wildman–Crippen MR) is 113 cm³/mol. The number of hydrogen-bond donors (Lipinski definition) is 0. The van der Waals surface area contributed by atoms with E-state index in [0.717, 1.165) is 33.5 Å². The average Bonchev–Trinajstić information content (AvgIpc) is 2.75. The molecule has 0 saturated carbocycles. The molecule has 0 spiro atoms. The van der Waals surface area contributed by atoms with Crippen molar-refractivity contribution in [3.05, 3.63) is 103 Å². The van der Waals surface area contributed by atoms with E-state index in [1.165, 1.54) is 0 Å². The summed E-state index contributed by atoms with van der Waals surface area (Å²) in [5.41, 5.74) is 3.07. The Labute approximate surface area is 159 Å². The molecule has 0 bridgehead atoms. The molecule has 4 aromatic carbocycles. The van der Waals surface area contributed by atoms with Gasteiger partial charge in [0.25, 0.3) is 0 Å². The first-order valence-electron chi connectivity index (χ1n) is 8.87. The minimum Gasteiger partial charge on any atom is -0.496 e. The van der Waals surface area contributed by atoms with E-state index in [-0.39, 0.29) is 0 Å². The molecule has 0 amide bonds. The number of para-hydroxylation sites is 2. The van der Waals surface area contributed by atoms with Gasteiger partial charge in [0.05, 0.1) is 24.7 Å². The largest absolute Gasteiger partial charge is 0.496 e.